The van der Waals surface area contributed by atoms with Crippen molar-refractivity contribution < 1.29 is 4.74 Å². The summed E-state index contributed by atoms with van der Waals surface area (Å²) in [5, 5.41) is 0. The summed E-state index contributed by atoms with van der Waals surface area (Å²) in [5.41, 5.74) is 6.87. The summed E-state index contributed by atoms with van der Waals surface area (Å²) < 4.78 is 5.93. The molecule has 0 amide bonds. The van der Waals surface area contributed by atoms with Gasteiger partial charge in [0.1, 0.15) is 5.75 Å². The lowest BCUT2D eigenvalue weighted by Gasteiger charge is -2.30. The fraction of sp³-hybridized carbons (Fsp3) is 0.538. The summed E-state index contributed by atoms with van der Waals surface area (Å²) in [4.78, 5) is 0. The molecule has 2 N–H and O–H groups in total. The Kier molecular flexibility index (Phi) is 2.70. The van der Waals surface area contributed by atoms with Crippen molar-refractivity contribution in [2.24, 2.45) is 5.73 Å². The molecule has 82 valence electrons. The summed E-state index contributed by atoms with van der Waals surface area (Å²) in [6.07, 6.45) is 4.06. The standard InChI is InChI=1S/C13H19NO/c1-13(2,14)11-8-3-4-9-12(11)15-10-6-5-7-10/h3-4,8-10H,5-7,14H2,1-2H3. The highest BCUT2D eigenvalue weighted by Crippen LogP contribution is 2.31. The Bertz CT molecular complexity index is 337. The molecule has 15 heavy (non-hydrogen) atoms. The molecule has 1 saturated carbocycles. The van der Waals surface area contributed by atoms with Gasteiger partial charge in [0, 0.05) is 11.1 Å². The van der Waals surface area contributed by atoms with Gasteiger partial charge in [0.15, 0.2) is 0 Å². The van der Waals surface area contributed by atoms with E-state index in [4.69, 9.17) is 10.5 Å². The van der Waals surface area contributed by atoms with Crippen LogP contribution in [-0.4, -0.2) is 6.10 Å². The normalized spacial score (nSPS) is 17.3. The Morgan fingerprint density at radius 1 is 1.27 bits per heavy atom. The van der Waals surface area contributed by atoms with E-state index in [-0.39, 0.29) is 5.54 Å². The van der Waals surface area contributed by atoms with Gasteiger partial charge in [0.25, 0.3) is 0 Å². The third kappa shape index (κ3) is 2.32. The van der Waals surface area contributed by atoms with E-state index in [0.29, 0.717) is 6.10 Å². The Hall–Kier alpha value is -1.02. The maximum Gasteiger partial charge on any atom is 0.124 e. The highest BCUT2D eigenvalue weighted by atomic mass is 16.5. The molecule has 2 nitrogen and oxygen atoms in total. The van der Waals surface area contributed by atoms with Crippen LogP contribution in [0.25, 0.3) is 0 Å². The van der Waals surface area contributed by atoms with Gasteiger partial charge < -0.3 is 10.5 Å². The van der Waals surface area contributed by atoms with Crippen LogP contribution in [0.3, 0.4) is 0 Å². The van der Waals surface area contributed by atoms with Gasteiger partial charge in [0.05, 0.1) is 6.10 Å². The van der Waals surface area contributed by atoms with E-state index in [1.54, 1.807) is 0 Å². The Morgan fingerprint density at radius 3 is 2.47 bits per heavy atom. The maximum atomic E-state index is 6.11. The fourth-order valence-electron chi connectivity index (χ4n) is 1.77. The average Bonchev–Trinajstić information content (AvgIpc) is 2.10. The van der Waals surface area contributed by atoms with Crippen molar-refractivity contribution in [2.75, 3.05) is 0 Å². The molecule has 0 atom stereocenters. The largest absolute Gasteiger partial charge is 0.490 e. The predicted molar refractivity (Wildman–Crippen MR) is 61.9 cm³/mol. The van der Waals surface area contributed by atoms with Crippen LogP contribution < -0.4 is 10.5 Å². The third-order valence-electron chi connectivity index (χ3n) is 2.93. The second-order valence-electron chi connectivity index (χ2n) is 4.89. The second kappa shape index (κ2) is 3.86. The number of hydrogen-bond acceptors (Lipinski definition) is 2. The molecule has 0 aromatic heterocycles. The Labute approximate surface area is 91.4 Å². The van der Waals surface area contributed by atoms with Gasteiger partial charge in [-0.05, 0) is 39.2 Å². The maximum absolute atomic E-state index is 6.11. The van der Waals surface area contributed by atoms with Crippen molar-refractivity contribution in [1.29, 1.82) is 0 Å². The highest BCUT2D eigenvalue weighted by molar-refractivity contribution is 5.38. The van der Waals surface area contributed by atoms with Crippen LogP contribution in [0.5, 0.6) is 5.75 Å². The molecule has 1 aliphatic rings. The van der Waals surface area contributed by atoms with E-state index < -0.39 is 0 Å². The average molecular weight is 205 g/mol. The summed E-state index contributed by atoms with van der Waals surface area (Å²) in [6, 6.07) is 8.08. The first kappa shape index (κ1) is 10.5. The minimum absolute atomic E-state index is 0.333. The van der Waals surface area contributed by atoms with Crippen LogP contribution >= 0.6 is 0 Å². The topological polar surface area (TPSA) is 35.2 Å². The van der Waals surface area contributed by atoms with Crippen molar-refractivity contribution in [1.82, 2.24) is 0 Å². The van der Waals surface area contributed by atoms with Crippen molar-refractivity contribution in [3.8, 4) is 5.75 Å². The molecule has 0 heterocycles. The number of hydrogen-bond donors (Lipinski definition) is 1. The van der Waals surface area contributed by atoms with Crippen LogP contribution in [0, 0.1) is 0 Å². The monoisotopic (exact) mass is 205 g/mol. The first-order valence-electron chi connectivity index (χ1n) is 5.62. The first-order valence-corrected chi connectivity index (χ1v) is 5.62. The summed E-state index contributed by atoms with van der Waals surface area (Å²) in [6.45, 7) is 4.02. The first-order chi connectivity index (χ1) is 7.07. The molecule has 0 aliphatic heterocycles. The molecule has 1 fully saturated rings. The molecule has 0 unspecified atom stereocenters. The van der Waals surface area contributed by atoms with Gasteiger partial charge in [-0.2, -0.15) is 0 Å². The molecule has 1 aromatic rings. The summed E-state index contributed by atoms with van der Waals surface area (Å²) in [7, 11) is 0. The molecule has 0 spiro atoms. The number of para-hydroxylation sites is 1. The third-order valence-corrected chi connectivity index (χ3v) is 2.93. The van der Waals surface area contributed by atoms with Crippen LogP contribution in [0.2, 0.25) is 0 Å². The fourth-order valence-corrected chi connectivity index (χ4v) is 1.77. The predicted octanol–water partition coefficient (Wildman–Crippen LogP) is 2.81. The SMILES string of the molecule is CC(C)(N)c1ccccc1OC1CCC1. The van der Waals surface area contributed by atoms with E-state index in [9.17, 15) is 0 Å². The van der Waals surface area contributed by atoms with Gasteiger partial charge in [-0.3, -0.25) is 0 Å². The zero-order valence-electron chi connectivity index (χ0n) is 9.49. The number of nitrogens with two attached hydrogens (primary N) is 1. The van der Waals surface area contributed by atoms with E-state index in [0.717, 1.165) is 11.3 Å². The molecule has 0 saturated heterocycles. The molecular weight excluding hydrogens is 186 g/mol. The Morgan fingerprint density at radius 2 is 1.93 bits per heavy atom. The van der Waals surface area contributed by atoms with Crippen molar-refractivity contribution >= 4 is 0 Å². The Balaban J connectivity index is 2.21. The van der Waals surface area contributed by atoms with Gasteiger partial charge in [-0.25, -0.2) is 0 Å². The van der Waals surface area contributed by atoms with Gasteiger partial charge in [0.2, 0.25) is 0 Å². The van der Waals surface area contributed by atoms with E-state index >= 15 is 0 Å². The zero-order valence-corrected chi connectivity index (χ0v) is 9.49. The lowest BCUT2D eigenvalue weighted by Crippen LogP contribution is -2.31. The van der Waals surface area contributed by atoms with Crippen molar-refractivity contribution in [3.05, 3.63) is 29.8 Å². The van der Waals surface area contributed by atoms with E-state index in [2.05, 4.69) is 0 Å². The lowest BCUT2D eigenvalue weighted by atomic mass is 9.93. The van der Waals surface area contributed by atoms with Crippen molar-refractivity contribution in [2.45, 2.75) is 44.8 Å². The molecule has 0 radical (unpaired) electrons. The second-order valence-corrected chi connectivity index (χ2v) is 4.89. The number of ether oxygens (including phenoxy) is 1. The van der Waals surface area contributed by atoms with E-state index in [1.165, 1.54) is 19.3 Å². The molecule has 1 aromatic carbocycles. The van der Waals surface area contributed by atoms with Crippen LogP contribution in [0.1, 0.15) is 38.7 Å². The smallest absolute Gasteiger partial charge is 0.124 e. The lowest BCUT2D eigenvalue weighted by molar-refractivity contribution is 0.117. The quantitative estimate of drug-likeness (QED) is 0.823. The molecule has 1 aliphatic carbocycles. The number of rotatable bonds is 3. The van der Waals surface area contributed by atoms with Gasteiger partial charge in [-0.1, -0.05) is 18.2 Å². The van der Waals surface area contributed by atoms with Crippen LogP contribution in [0.4, 0.5) is 0 Å². The zero-order chi connectivity index (χ0) is 10.9. The van der Waals surface area contributed by atoms with Crippen LogP contribution in [0.15, 0.2) is 24.3 Å². The van der Waals surface area contributed by atoms with Gasteiger partial charge in [-0.15, -0.1) is 0 Å². The summed E-state index contributed by atoms with van der Waals surface area (Å²) >= 11 is 0. The molecule has 0 bridgehead atoms. The molecule has 2 heteroatoms. The van der Waals surface area contributed by atoms with Gasteiger partial charge >= 0.3 is 0 Å². The van der Waals surface area contributed by atoms with Crippen molar-refractivity contribution in [3.63, 3.8) is 0 Å². The number of benzene rings is 1. The minimum Gasteiger partial charge on any atom is -0.490 e. The summed E-state index contributed by atoms with van der Waals surface area (Å²) in [5.74, 6) is 0.953. The molecular formula is C13H19NO. The minimum atomic E-state index is -0.333. The highest BCUT2D eigenvalue weighted by Gasteiger charge is 2.23. The van der Waals surface area contributed by atoms with E-state index in [1.807, 2.05) is 38.1 Å². The van der Waals surface area contributed by atoms with Crippen LogP contribution in [-0.2, 0) is 5.54 Å². The molecule has 2 rings (SSSR count).